The zero-order valence-corrected chi connectivity index (χ0v) is 7.96. The molecule has 0 unspecified atom stereocenters. The summed E-state index contributed by atoms with van der Waals surface area (Å²) in [5, 5.41) is 0.348. The maximum atomic E-state index is 13.0. The molecule has 1 aliphatic heterocycles. The van der Waals surface area contributed by atoms with E-state index in [-0.39, 0.29) is 17.9 Å². The number of nitrogens with two attached hydrogens (primary N) is 1. The molecule has 0 amide bonds. The average Bonchev–Trinajstić information content (AvgIpc) is 2.50. The first-order valence-electron chi connectivity index (χ1n) is 4.07. The van der Waals surface area contributed by atoms with Gasteiger partial charge in [-0.15, -0.1) is 0 Å². The summed E-state index contributed by atoms with van der Waals surface area (Å²) in [4.78, 5) is 3.99. The third-order valence-electron chi connectivity index (χ3n) is 1.94. The van der Waals surface area contributed by atoms with Crippen LogP contribution in [0.4, 0.5) is 4.39 Å². The highest BCUT2D eigenvalue weighted by molar-refractivity contribution is 6.30. The first kappa shape index (κ1) is 9.27. The third-order valence-corrected chi connectivity index (χ3v) is 2.16. The first-order chi connectivity index (χ1) is 6.65. The van der Waals surface area contributed by atoms with E-state index in [0.717, 1.165) is 0 Å². The van der Waals surface area contributed by atoms with Crippen molar-refractivity contribution >= 4 is 17.6 Å². The van der Waals surface area contributed by atoms with Crippen molar-refractivity contribution in [1.29, 1.82) is 0 Å². The van der Waals surface area contributed by atoms with Gasteiger partial charge in [0.15, 0.2) is 0 Å². The monoisotopic (exact) mass is 214 g/mol. The molecule has 2 rings (SSSR count). The van der Waals surface area contributed by atoms with Crippen LogP contribution in [0, 0.1) is 5.82 Å². The van der Waals surface area contributed by atoms with Crippen LogP contribution in [0.1, 0.15) is 11.6 Å². The number of rotatable bonds is 1. The summed E-state index contributed by atoms with van der Waals surface area (Å²) < 4.78 is 17.9. The van der Waals surface area contributed by atoms with E-state index in [9.17, 15) is 4.39 Å². The number of hydrogen-bond donors (Lipinski definition) is 1. The Hall–Kier alpha value is -1.29. The van der Waals surface area contributed by atoms with Crippen molar-refractivity contribution in [3.63, 3.8) is 0 Å². The zero-order valence-electron chi connectivity index (χ0n) is 7.21. The molecular formula is C9H8ClFN2O. The van der Waals surface area contributed by atoms with Gasteiger partial charge in [0.1, 0.15) is 18.5 Å². The highest BCUT2D eigenvalue weighted by Gasteiger charge is 2.19. The molecule has 0 saturated carbocycles. The highest BCUT2D eigenvalue weighted by atomic mass is 35.5. The molecule has 0 bridgehead atoms. The molecular weight excluding hydrogens is 207 g/mol. The first-order valence-corrected chi connectivity index (χ1v) is 4.45. The van der Waals surface area contributed by atoms with E-state index in [1.54, 1.807) is 6.07 Å². The number of aliphatic imine (C=N–C) groups is 1. The molecule has 1 aliphatic rings. The van der Waals surface area contributed by atoms with Gasteiger partial charge in [-0.2, -0.15) is 0 Å². The van der Waals surface area contributed by atoms with Crippen molar-refractivity contribution in [3.8, 4) is 0 Å². The quantitative estimate of drug-likeness (QED) is 0.776. The standard InChI is InChI=1S/C9H8ClFN2O/c10-6-1-5(2-7(11)3-6)8-4-14-9(12)13-8/h1-3,8H,4H2,(H2,12,13)/t8-/m0/s1. The molecule has 0 fully saturated rings. The van der Waals surface area contributed by atoms with Gasteiger partial charge in [-0.05, 0) is 23.8 Å². The molecule has 0 aliphatic carbocycles. The maximum Gasteiger partial charge on any atom is 0.282 e. The fourth-order valence-corrected chi connectivity index (χ4v) is 1.56. The van der Waals surface area contributed by atoms with Gasteiger partial charge in [0.2, 0.25) is 0 Å². The highest BCUT2D eigenvalue weighted by Crippen LogP contribution is 2.25. The normalized spacial score (nSPS) is 20.4. The van der Waals surface area contributed by atoms with Crippen LogP contribution < -0.4 is 5.73 Å². The second-order valence-electron chi connectivity index (χ2n) is 3.00. The van der Waals surface area contributed by atoms with Gasteiger partial charge in [-0.1, -0.05) is 11.6 Å². The van der Waals surface area contributed by atoms with Gasteiger partial charge in [0.25, 0.3) is 6.02 Å². The summed E-state index contributed by atoms with van der Waals surface area (Å²) in [6.07, 6.45) is 0. The predicted molar refractivity (Wildman–Crippen MR) is 51.7 cm³/mol. The van der Waals surface area contributed by atoms with Crippen LogP contribution in [0.3, 0.4) is 0 Å². The lowest BCUT2D eigenvalue weighted by Gasteiger charge is -2.05. The molecule has 0 radical (unpaired) electrons. The van der Waals surface area contributed by atoms with Crippen LogP contribution in [-0.2, 0) is 4.74 Å². The van der Waals surface area contributed by atoms with E-state index in [1.807, 2.05) is 0 Å². The molecule has 0 spiro atoms. The minimum absolute atomic E-state index is 0.135. The molecule has 3 nitrogen and oxygen atoms in total. The summed E-state index contributed by atoms with van der Waals surface area (Å²) >= 11 is 5.70. The Morgan fingerprint density at radius 2 is 2.29 bits per heavy atom. The fraction of sp³-hybridized carbons (Fsp3) is 0.222. The van der Waals surface area contributed by atoms with Crippen LogP contribution in [-0.4, -0.2) is 12.6 Å². The zero-order chi connectivity index (χ0) is 10.1. The Bertz CT molecular complexity index is 374. The number of ether oxygens (including phenoxy) is 1. The molecule has 1 aromatic carbocycles. The summed E-state index contributed by atoms with van der Waals surface area (Å²) in [6, 6.07) is 4.16. The number of halogens is 2. The van der Waals surface area contributed by atoms with Crippen LogP contribution >= 0.6 is 11.6 Å². The van der Waals surface area contributed by atoms with Gasteiger partial charge in [-0.3, -0.25) is 0 Å². The van der Waals surface area contributed by atoms with E-state index in [2.05, 4.69) is 4.99 Å². The molecule has 5 heteroatoms. The number of hydrogen-bond acceptors (Lipinski definition) is 3. The molecule has 1 heterocycles. The van der Waals surface area contributed by atoms with Crippen molar-refractivity contribution in [2.24, 2.45) is 10.7 Å². The van der Waals surface area contributed by atoms with Gasteiger partial charge < -0.3 is 10.5 Å². The van der Waals surface area contributed by atoms with Crippen LogP contribution in [0.15, 0.2) is 23.2 Å². The van der Waals surface area contributed by atoms with E-state index < -0.39 is 0 Å². The number of nitrogens with zero attached hydrogens (tertiary/aromatic N) is 1. The van der Waals surface area contributed by atoms with E-state index in [1.165, 1.54) is 12.1 Å². The molecule has 0 saturated heterocycles. The van der Waals surface area contributed by atoms with Crippen molar-refractivity contribution < 1.29 is 9.13 Å². The number of benzene rings is 1. The van der Waals surface area contributed by atoms with Crippen LogP contribution in [0.2, 0.25) is 5.02 Å². The van der Waals surface area contributed by atoms with Crippen LogP contribution in [0.25, 0.3) is 0 Å². The topological polar surface area (TPSA) is 47.6 Å². The minimum atomic E-state index is -0.381. The van der Waals surface area contributed by atoms with Crippen molar-refractivity contribution in [1.82, 2.24) is 0 Å². The van der Waals surface area contributed by atoms with E-state index in [4.69, 9.17) is 22.1 Å². The summed E-state index contributed by atoms with van der Waals surface area (Å²) in [5.74, 6) is -0.381. The Labute approximate surface area is 85.3 Å². The van der Waals surface area contributed by atoms with Gasteiger partial charge in [0, 0.05) is 5.02 Å². The summed E-state index contributed by atoms with van der Waals surface area (Å²) in [7, 11) is 0. The SMILES string of the molecule is NC1=N[C@H](c2cc(F)cc(Cl)c2)CO1. The van der Waals surface area contributed by atoms with E-state index in [0.29, 0.717) is 17.2 Å². The lowest BCUT2D eigenvalue weighted by Crippen LogP contribution is -2.10. The molecule has 14 heavy (non-hydrogen) atoms. The van der Waals surface area contributed by atoms with Gasteiger partial charge in [0.05, 0.1) is 0 Å². The van der Waals surface area contributed by atoms with Gasteiger partial charge >= 0.3 is 0 Å². The molecule has 2 N–H and O–H groups in total. The Balaban J connectivity index is 2.32. The lowest BCUT2D eigenvalue weighted by molar-refractivity contribution is 0.315. The summed E-state index contributed by atoms with van der Waals surface area (Å²) in [6.45, 7) is 0.339. The molecule has 0 aromatic heterocycles. The third kappa shape index (κ3) is 1.80. The second kappa shape index (κ2) is 3.46. The maximum absolute atomic E-state index is 13.0. The van der Waals surface area contributed by atoms with Crippen molar-refractivity contribution in [2.45, 2.75) is 6.04 Å². The van der Waals surface area contributed by atoms with Crippen LogP contribution in [0.5, 0.6) is 0 Å². The largest absolute Gasteiger partial charge is 0.463 e. The fourth-order valence-electron chi connectivity index (χ4n) is 1.33. The lowest BCUT2D eigenvalue weighted by atomic mass is 10.1. The average molecular weight is 215 g/mol. The second-order valence-corrected chi connectivity index (χ2v) is 3.43. The van der Waals surface area contributed by atoms with Crippen molar-refractivity contribution in [3.05, 3.63) is 34.6 Å². The van der Waals surface area contributed by atoms with Crippen molar-refractivity contribution in [2.75, 3.05) is 6.61 Å². The Morgan fingerprint density at radius 3 is 2.86 bits per heavy atom. The summed E-state index contributed by atoms with van der Waals surface area (Å²) in [5.41, 5.74) is 6.02. The Kier molecular flexibility index (Phi) is 2.29. The predicted octanol–water partition coefficient (Wildman–Crippen LogP) is 1.87. The minimum Gasteiger partial charge on any atom is -0.463 e. The molecule has 1 atom stereocenters. The Morgan fingerprint density at radius 1 is 1.50 bits per heavy atom. The molecule has 1 aromatic rings. The number of amidine groups is 1. The van der Waals surface area contributed by atoms with E-state index >= 15 is 0 Å². The molecule has 74 valence electrons. The van der Waals surface area contributed by atoms with Gasteiger partial charge in [-0.25, -0.2) is 9.38 Å². The smallest absolute Gasteiger partial charge is 0.282 e.